The first kappa shape index (κ1) is 21.2. The van der Waals surface area contributed by atoms with Crippen molar-refractivity contribution in [3.63, 3.8) is 0 Å². The lowest BCUT2D eigenvalue weighted by atomic mass is 9.75. The van der Waals surface area contributed by atoms with E-state index in [1.807, 2.05) is 12.2 Å². The minimum absolute atomic E-state index is 0.101. The van der Waals surface area contributed by atoms with Gasteiger partial charge in [-0.1, -0.05) is 57.5 Å². The molecule has 6 heteroatoms. The smallest absolute Gasteiger partial charge is 0.313 e. The van der Waals surface area contributed by atoms with E-state index in [1.165, 1.54) is 0 Å². The maximum absolute atomic E-state index is 14.2. The Morgan fingerprint density at radius 1 is 1.10 bits per heavy atom. The fourth-order valence-corrected chi connectivity index (χ4v) is 9.15. The molecule has 2 saturated carbocycles. The number of carbonyl (C=O) groups is 1. The van der Waals surface area contributed by atoms with Crippen molar-refractivity contribution in [2.24, 2.45) is 35.5 Å². The monoisotopic (exact) mass is 444 g/mol. The van der Waals surface area contributed by atoms with Gasteiger partial charge in [0.25, 0.3) is 0 Å². The number of sulfone groups is 1. The van der Waals surface area contributed by atoms with Gasteiger partial charge in [0.1, 0.15) is 0 Å². The molecule has 31 heavy (non-hydrogen) atoms. The molecular formula is C25H32O5S. The van der Waals surface area contributed by atoms with E-state index in [1.54, 1.807) is 30.3 Å². The zero-order valence-electron chi connectivity index (χ0n) is 18.4. The molecule has 1 aromatic carbocycles. The lowest BCUT2D eigenvalue weighted by Crippen LogP contribution is -2.56. The van der Waals surface area contributed by atoms with Gasteiger partial charge >= 0.3 is 5.97 Å². The molecule has 1 aromatic rings. The van der Waals surface area contributed by atoms with Gasteiger partial charge in [-0.2, -0.15) is 0 Å². The number of rotatable bonds is 5. The van der Waals surface area contributed by atoms with E-state index in [-0.39, 0.29) is 22.8 Å². The van der Waals surface area contributed by atoms with Crippen molar-refractivity contribution in [2.45, 2.75) is 68.5 Å². The minimum atomic E-state index is -3.87. The summed E-state index contributed by atoms with van der Waals surface area (Å²) in [5, 5.41) is 0. The van der Waals surface area contributed by atoms with E-state index in [2.05, 4.69) is 20.8 Å². The predicted molar refractivity (Wildman–Crippen MR) is 117 cm³/mol. The van der Waals surface area contributed by atoms with Crippen LogP contribution in [0.2, 0.25) is 0 Å². The van der Waals surface area contributed by atoms with E-state index in [4.69, 9.17) is 9.47 Å². The Kier molecular flexibility index (Phi) is 5.09. The van der Waals surface area contributed by atoms with Crippen LogP contribution in [0.3, 0.4) is 0 Å². The summed E-state index contributed by atoms with van der Waals surface area (Å²) in [6.07, 6.45) is 6.54. The molecule has 0 aromatic heterocycles. The zero-order chi connectivity index (χ0) is 22.0. The first-order chi connectivity index (χ1) is 14.8. The van der Waals surface area contributed by atoms with Crippen LogP contribution in [0.4, 0.5) is 0 Å². The van der Waals surface area contributed by atoms with E-state index < -0.39 is 32.8 Å². The van der Waals surface area contributed by atoms with Gasteiger partial charge in [0.05, 0.1) is 16.9 Å². The van der Waals surface area contributed by atoms with Gasteiger partial charge in [-0.25, -0.2) is 8.42 Å². The van der Waals surface area contributed by atoms with Crippen LogP contribution in [0.1, 0.15) is 46.5 Å². The average molecular weight is 445 g/mol. The second kappa shape index (κ2) is 7.45. The molecule has 1 aliphatic heterocycles. The molecule has 0 N–H and O–H groups in total. The van der Waals surface area contributed by atoms with Crippen LogP contribution in [-0.4, -0.2) is 31.5 Å². The second-order valence-electron chi connectivity index (χ2n) is 10.3. The predicted octanol–water partition coefficient (Wildman–Crippen LogP) is 4.38. The quantitative estimate of drug-likeness (QED) is 0.498. The summed E-state index contributed by atoms with van der Waals surface area (Å²) in [7, 11) is -3.87. The van der Waals surface area contributed by atoms with Crippen LogP contribution in [0, 0.1) is 35.5 Å². The summed E-state index contributed by atoms with van der Waals surface area (Å²) < 4.78 is 39.3. The second-order valence-corrected chi connectivity index (χ2v) is 12.5. The van der Waals surface area contributed by atoms with Crippen molar-refractivity contribution in [1.29, 1.82) is 0 Å². The highest BCUT2D eigenvalue weighted by Gasteiger charge is 2.75. The third-order valence-electron chi connectivity index (χ3n) is 8.23. The molecule has 5 nitrogen and oxygen atoms in total. The van der Waals surface area contributed by atoms with Gasteiger partial charge in [0, 0.05) is 5.92 Å². The maximum atomic E-state index is 14.2. The summed E-state index contributed by atoms with van der Waals surface area (Å²) in [5.41, 5.74) is 0. The highest BCUT2D eigenvalue weighted by molar-refractivity contribution is 7.93. The van der Waals surface area contributed by atoms with Crippen molar-refractivity contribution in [2.75, 3.05) is 0 Å². The van der Waals surface area contributed by atoms with Crippen LogP contribution < -0.4 is 0 Å². The largest absolute Gasteiger partial charge is 0.434 e. The fraction of sp³-hybridized carbons (Fsp3) is 0.640. The molecule has 4 aliphatic rings. The standard InChI is InChI=1S/C25H32O5S/c1-15(2)20-12-9-16(3)13-21(20)29-24-25(31(27,28)19-7-5-4-6-8-19)18-11-10-17(14-18)22(25)23(26)30-24/h4-8,10-11,15-18,20-22,24H,9,12-14H2,1-3H3/t16-,17+,18-,20+,21-,22-,24-,25+/m1/s1. The number of hydrogen-bond acceptors (Lipinski definition) is 5. The number of hydrogen-bond donors (Lipinski definition) is 0. The number of carbonyl (C=O) groups excluding carboxylic acids is 1. The zero-order valence-corrected chi connectivity index (χ0v) is 19.3. The Balaban J connectivity index is 1.59. The van der Waals surface area contributed by atoms with Crippen LogP contribution in [-0.2, 0) is 24.1 Å². The minimum Gasteiger partial charge on any atom is -0.434 e. The van der Waals surface area contributed by atoms with Gasteiger partial charge in [-0.3, -0.25) is 4.79 Å². The van der Waals surface area contributed by atoms with Crippen LogP contribution in [0.15, 0.2) is 47.4 Å². The van der Waals surface area contributed by atoms with Crippen LogP contribution in [0.25, 0.3) is 0 Å². The summed E-state index contributed by atoms with van der Waals surface area (Å²) in [6.45, 7) is 6.60. The van der Waals surface area contributed by atoms with Crippen molar-refractivity contribution < 1.29 is 22.7 Å². The van der Waals surface area contributed by atoms with Gasteiger partial charge in [-0.15, -0.1) is 0 Å². The van der Waals surface area contributed by atoms with E-state index in [0.29, 0.717) is 24.2 Å². The van der Waals surface area contributed by atoms with E-state index in [0.717, 1.165) is 19.3 Å². The Morgan fingerprint density at radius 2 is 1.84 bits per heavy atom. The van der Waals surface area contributed by atoms with Gasteiger partial charge in [0.15, 0.2) is 14.6 Å². The Bertz CT molecular complexity index is 984. The lowest BCUT2D eigenvalue weighted by Gasteiger charge is -2.42. The summed E-state index contributed by atoms with van der Waals surface area (Å²) in [5.74, 6) is -0.234. The summed E-state index contributed by atoms with van der Waals surface area (Å²) in [6, 6.07) is 8.50. The SMILES string of the molecule is CC(C)[C@@H]1CC[C@@H](C)C[C@H]1O[C@@H]1OC(=O)[C@H]2[C@H]3C=C[C@H](C3)[C@@]12S(=O)(=O)c1ccccc1. The molecule has 0 amide bonds. The molecule has 0 spiro atoms. The third kappa shape index (κ3) is 2.97. The fourth-order valence-electron chi connectivity index (χ4n) is 6.69. The molecule has 3 aliphatic carbocycles. The van der Waals surface area contributed by atoms with E-state index in [9.17, 15) is 13.2 Å². The number of benzene rings is 1. The molecule has 5 rings (SSSR count). The number of ether oxygens (including phenoxy) is 2. The van der Waals surface area contributed by atoms with Crippen LogP contribution in [0.5, 0.6) is 0 Å². The Morgan fingerprint density at radius 3 is 2.55 bits per heavy atom. The van der Waals surface area contributed by atoms with Crippen molar-refractivity contribution in [3.8, 4) is 0 Å². The number of allylic oxidation sites excluding steroid dienone is 2. The first-order valence-corrected chi connectivity index (χ1v) is 13.1. The third-order valence-corrected chi connectivity index (χ3v) is 10.8. The van der Waals surface area contributed by atoms with Crippen LogP contribution >= 0.6 is 0 Å². The molecule has 168 valence electrons. The summed E-state index contributed by atoms with van der Waals surface area (Å²) >= 11 is 0. The Labute approximate surface area is 185 Å². The maximum Gasteiger partial charge on any atom is 0.313 e. The van der Waals surface area contributed by atoms with Gasteiger partial charge in [-0.05, 0) is 55.1 Å². The molecule has 0 unspecified atom stereocenters. The summed E-state index contributed by atoms with van der Waals surface area (Å²) in [4.78, 5) is 13.3. The number of fused-ring (bicyclic) bond motifs is 5. The highest BCUT2D eigenvalue weighted by atomic mass is 32.2. The molecule has 2 bridgehead atoms. The lowest BCUT2D eigenvalue weighted by molar-refractivity contribution is -0.194. The number of cyclic esters (lactones) is 1. The molecule has 8 atom stereocenters. The topological polar surface area (TPSA) is 69.7 Å². The number of esters is 1. The first-order valence-electron chi connectivity index (χ1n) is 11.6. The van der Waals surface area contributed by atoms with Crippen molar-refractivity contribution in [1.82, 2.24) is 0 Å². The molecule has 0 radical (unpaired) electrons. The average Bonchev–Trinajstić information content (AvgIpc) is 3.41. The van der Waals surface area contributed by atoms with E-state index >= 15 is 0 Å². The van der Waals surface area contributed by atoms with Gasteiger partial charge in [0.2, 0.25) is 6.29 Å². The van der Waals surface area contributed by atoms with Gasteiger partial charge < -0.3 is 9.47 Å². The highest BCUT2D eigenvalue weighted by Crippen LogP contribution is 2.62. The molecular weight excluding hydrogens is 412 g/mol. The molecule has 1 heterocycles. The van der Waals surface area contributed by atoms with Crippen molar-refractivity contribution in [3.05, 3.63) is 42.5 Å². The normalized spacial score (nSPS) is 41.5. The molecule has 1 saturated heterocycles. The van der Waals surface area contributed by atoms with Crippen molar-refractivity contribution >= 4 is 15.8 Å². The Hall–Kier alpha value is -1.66. The molecule has 3 fully saturated rings.